The summed E-state index contributed by atoms with van der Waals surface area (Å²) in [4.78, 5) is 12.9. The summed E-state index contributed by atoms with van der Waals surface area (Å²) in [6.07, 6.45) is 5.27. The van der Waals surface area contributed by atoms with Crippen molar-refractivity contribution in [2.45, 2.75) is 25.7 Å². The van der Waals surface area contributed by atoms with Crippen LogP contribution >= 0.6 is 0 Å². The molecule has 0 unspecified atom stereocenters. The van der Waals surface area contributed by atoms with Crippen LogP contribution in [0.15, 0.2) is 0 Å². The van der Waals surface area contributed by atoms with E-state index in [1.54, 1.807) is 11.9 Å². The van der Waals surface area contributed by atoms with Gasteiger partial charge in [-0.15, -0.1) is 0 Å². The third-order valence-corrected chi connectivity index (χ3v) is 2.57. The number of urea groups is 1. The highest BCUT2D eigenvalue weighted by Gasteiger charge is 2.18. The van der Waals surface area contributed by atoms with Crippen LogP contribution in [0.3, 0.4) is 0 Å². The molecule has 0 atom stereocenters. The van der Waals surface area contributed by atoms with Crippen LogP contribution in [0.5, 0.6) is 0 Å². The van der Waals surface area contributed by atoms with E-state index in [0.717, 1.165) is 12.5 Å². The zero-order valence-corrected chi connectivity index (χ0v) is 7.97. The van der Waals surface area contributed by atoms with E-state index in [9.17, 15) is 4.79 Å². The molecule has 70 valence electrons. The Morgan fingerprint density at radius 2 is 2.08 bits per heavy atom. The van der Waals surface area contributed by atoms with Crippen LogP contribution in [-0.2, 0) is 0 Å². The lowest BCUT2D eigenvalue weighted by Crippen LogP contribution is -2.37. The number of rotatable bonds is 2. The van der Waals surface area contributed by atoms with Gasteiger partial charge < -0.3 is 10.2 Å². The molecule has 2 amide bonds. The molecule has 1 aliphatic rings. The fourth-order valence-corrected chi connectivity index (χ4v) is 1.85. The second-order valence-corrected chi connectivity index (χ2v) is 3.59. The standard InChI is InChI=1S/C9H18N2O/c1-10-9(12)11(2)7-8-5-3-4-6-8/h8H,3-7H2,1-2H3,(H,10,12). The van der Waals surface area contributed by atoms with E-state index in [-0.39, 0.29) is 6.03 Å². The van der Waals surface area contributed by atoms with Crippen molar-refractivity contribution in [3.63, 3.8) is 0 Å². The second kappa shape index (κ2) is 4.33. The first-order valence-electron chi connectivity index (χ1n) is 4.67. The summed E-state index contributed by atoms with van der Waals surface area (Å²) in [6.45, 7) is 0.916. The molecule has 0 saturated heterocycles. The Hall–Kier alpha value is -0.730. The largest absolute Gasteiger partial charge is 0.341 e. The highest BCUT2D eigenvalue weighted by Crippen LogP contribution is 2.24. The average molecular weight is 170 g/mol. The van der Waals surface area contributed by atoms with Gasteiger partial charge in [-0.05, 0) is 18.8 Å². The Balaban J connectivity index is 2.24. The topological polar surface area (TPSA) is 32.3 Å². The maximum atomic E-state index is 11.1. The predicted molar refractivity (Wildman–Crippen MR) is 49.0 cm³/mol. The van der Waals surface area contributed by atoms with Crippen molar-refractivity contribution in [1.29, 1.82) is 0 Å². The van der Waals surface area contributed by atoms with Crippen molar-refractivity contribution in [3.05, 3.63) is 0 Å². The molecule has 0 aromatic rings. The molecular formula is C9H18N2O. The molecule has 0 aromatic heterocycles. The van der Waals surface area contributed by atoms with Crippen LogP contribution in [-0.4, -0.2) is 31.6 Å². The van der Waals surface area contributed by atoms with E-state index < -0.39 is 0 Å². The third-order valence-electron chi connectivity index (χ3n) is 2.57. The molecule has 1 aliphatic carbocycles. The lowest BCUT2D eigenvalue weighted by Gasteiger charge is -2.20. The van der Waals surface area contributed by atoms with E-state index in [1.165, 1.54) is 25.7 Å². The number of carbonyl (C=O) groups is 1. The van der Waals surface area contributed by atoms with Crippen molar-refractivity contribution in [1.82, 2.24) is 10.2 Å². The van der Waals surface area contributed by atoms with Crippen molar-refractivity contribution < 1.29 is 4.79 Å². The summed E-state index contributed by atoms with van der Waals surface area (Å²) < 4.78 is 0. The van der Waals surface area contributed by atoms with E-state index in [4.69, 9.17) is 0 Å². The number of amides is 2. The summed E-state index contributed by atoms with van der Waals surface area (Å²) in [5.74, 6) is 0.743. The SMILES string of the molecule is CNC(=O)N(C)CC1CCCC1. The van der Waals surface area contributed by atoms with E-state index >= 15 is 0 Å². The summed E-state index contributed by atoms with van der Waals surface area (Å²) in [6, 6.07) is 0.0295. The van der Waals surface area contributed by atoms with Gasteiger partial charge in [-0.25, -0.2) is 4.79 Å². The maximum absolute atomic E-state index is 11.1. The first-order valence-corrected chi connectivity index (χ1v) is 4.67. The fourth-order valence-electron chi connectivity index (χ4n) is 1.85. The Labute approximate surface area is 74.1 Å². The van der Waals surface area contributed by atoms with Gasteiger partial charge in [0, 0.05) is 20.6 Å². The van der Waals surface area contributed by atoms with Gasteiger partial charge in [-0.2, -0.15) is 0 Å². The Kier molecular flexibility index (Phi) is 3.38. The molecule has 3 heteroatoms. The second-order valence-electron chi connectivity index (χ2n) is 3.59. The molecule has 3 nitrogen and oxygen atoms in total. The fraction of sp³-hybridized carbons (Fsp3) is 0.889. The van der Waals surface area contributed by atoms with Gasteiger partial charge in [0.05, 0.1) is 0 Å². The van der Waals surface area contributed by atoms with E-state index in [1.807, 2.05) is 7.05 Å². The number of nitrogens with zero attached hydrogens (tertiary/aromatic N) is 1. The smallest absolute Gasteiger partial charge is 0.316 e. The van der Waals surface area contributed by atoms with Crippen molar-refractivity contribution >= 4 is 6.03 Å². The lowest BCUT2D eigenvalue weighted by atomic mass is 10.1. The summed E-state index contributed by atoms with van der Waals surface area (Å²) in [5, 5.41) is 2.63. The molecule has 1 N–H and O–H groups in total. The monoisotopic (exact) mass is 170 g/mol. The Bertz CT molecular complexity index is 153. The Morgan fingerprint density at radius 3 is 2.58 bits per heavy atom. The van der Waals surface area contributed by atoms with E-state index in [2.05, 4.69) is 5.32 Å². The van der Waals surface area contributed by atoms with Crippen LogP contribution in [0.25, 0.3) is 0 Å². The highest BCUT2D eigenvalue weighted by molar-refractivity contribution is 5.73. The normalized spacial score (nSPS) is 17.8. The minimum atomic E-state index is 0.0295. The van der Waals surface area contributed by atoms with E-state index in [0.29, 0.717) is 0 Å². The molecule has 1 fully saturated rings. The van der Waals surface area contributed by atoms with Crippen LogP contribution in [0, 0.1) is 5.92 Å². The molecule has 0 aromatic carbocycles. The van der Waals surface area contributed by atoms with Gasteiger partial charge in [0.15, 0.2) is 0 Å². The summed E-state index contributed by atoms with van der Waals surface area (Å²) >= 11 is 0. The van der Waals surface area contributed by atoms with Crippen molar-refractivity contribution in [3.8, 4) is 0 Å². The number of carbonyl (C=O) groups excluding carboxylic acids is 1. The molecule has 12 heavy (non-hydrogen) atoms. The quantitative estimate of drug-likeness (QED) is 0.668. The van der Waals surface area contributed by atoms with Crippen LogP contribution in [0.1, 0.15) is 25.7 Å². The lowest BCUT2D eigenvalue weighted by molar-refractivity contribution is 0.203. The minimum Gasteiger partial charge on any atom is -0.341 e. The molecule has 0 radical (unpaired) electrons. The molecule has 1 saturated carbocycles. The Morgan fingerprint density at radius 1 is 1.50 bits per heavy atom. The van der Waals surface area contributed by atoms with Gasteiger partial charge in [0.1, 0.15) is 0 Å². The zero-order valence-electron chi connectivity index (χ0n) is 7.97. The van der Waals surface area contributed by atoms with Crippen molar-refractivity contribution in [2.24, 2.45) is 5.92 Å². The minimum absolute atomic E-state index is 0.0295. The number of nitrogens with one attached hydrogen (secondary N) is 1. The molecule has 0 heterocycles. The molecule has 0 spiro atoms. The molecular weight excluding hydrogens is 152 g/mol. The number of hydrogen-bond acceptors (Lipinski definition) is 1. The van der Waals surface area contributed by atoms with Crippen LogP contribution < -0.4 is 5.32 Å². The third kappa shape index (κ3) is 2.40. The summed E-state index contributed by atoms with van der Waals surface area (Å²) in [5.41, 5.74) is 0. The van der Waals surface area contributed by atoms with Gasteiger partial charge in [0.2, 0.25) is 0 Å². The summed E-state index contributed by atoms with van der Waals surface area (Å²) in [7, 11) is 3.53. The molecule has 0 aliphatic heterocycles. The average Bonchev–Trinajstić information content (AvgIpc) is 2.55. The van der Waals surface area contributed by atoms with Gasteiger partial charge in [-0.3, -0.25) is 0 Å². The van der Waals surface area contributed by atoms with Crippen LogP contribution in [0.2, 0.25) is 0 Å². The predicted octanol–water partition coefficient (Wildman–Crippen LogP) is 1.45. The number of hydrogen-bond donors (Lipinski definition) is 1. The van der Waals surface area contributed by atoms with Gasteiger partial charge in [-0.1, -0.05) is 12.8 Å². The molecule has 1 rings (SSSR count). The van der Waals surface area contributed by atoms with Gasteiger partial charge in [0.25, 0.3) is 0 Å². The first kappa shape index (κ1) is 9.36. The van der Waals surface area contributed by atoms with Gasteiger partial charge >= 0.3 is 6.03 Å². The molecule has 0 bridgehead atoms. The highest BCUT2D eigenvalue weighted by atomic mass is 16.2. The zero-order chi connectivity index (χ0) is 8.97. The van der Waals surface area contributed by atoms with Crippen molar-refractivity contribution in [2.75, 3.05) is 20.6 Å². The van der Waals surface area contributed by atoms with Crippen LogP contribution in [0.4, 0.5) is 4.79 Å². The maximum Gasteiger partial charge on any atom is 0.316 e. The first-order chi connectivity index (χ1) is 5.74.